The molecule has 0 bridgehead atoms. The maximum absolute atomic E-state index is 13.9. The van der Waals surface area contributed by atoms with E-state index in [0.29, 0.717) is 30.8 Å². The van der Waals surface area contributed by atoms with Crippen LogP contribution in [0.1, 0.15) is 22.3 Å². The van der Waals surface area contributed by atoms with Crippen LogP contribution in [0.5, 0.6) is 0 Å². The Morgan fingerprint density at radius 1 is 1.13 bits per heavy atom. The van der Waals surface area contributed by atoms with Gasteiger partial charge in [0.15, 0.2) is 11.6 Å². The molecular formula is C21H18F2N4O3. The first-order valence-corrected chi connectivity index (χ1v) is 9.01. The second kappa shape index (κ2) is 8.61. The third-order valence-corrected chi connectivity index (χ3v) is 4.69. The number of nitrogens with two attached hydrogens (primary N) is 1. The molecule has 0 spiro atoms. The van der Waals surface area contributed by atoms with Crippen LogP contribution in [-0.2, 0) is 9.59 Å². The molecule has 0 aromatic heterocycles. The zero-order valence-electron chi connectivity index (χ0n) is 15.7. The fourth-order valence-corrected chi connectivity index (χ4v) is 3.25. The van der Waals surface area contributed by atoms with Gasteiger partial charge in [-0.15, -0.1) is 6.42 Å². The number of nitrogens with one attached hydrogen (secondary N) is 2. The molecule has 0 radical (unpaired) electrons. The lowest BCUT2D eigenvalue weighted by Crippen LogP contribution is -2.43. The Hall–Kier alpha value is -3.93. The molecule has 1 unspecified atom stereocenters. The number of rotatable bonds is 4. The lowest BCUT2D eigenvalue weighted by molar-refractivity contribution is -0.136. The van der Waals surface area contributed by atoms with Gasteiger partial charge in [-0.05, 0) is 30.7 Å². The summed E-state index contributed by atoms with van der Waals surface area (Å²) in [5, 5.41) is 4.45. The highest BCUT2D eigenvalue weighted by Crippen LogP contribution is 2.24. The molecule has 0 saturated carbocycles. The van der Waals surface area contributed by atoms with E-state index in [-0.39, 0.29) is 5.56 Å². The second-order valence-electron chi connectivity index (χ2n) is 6.70. The van der Waals surface area contributed by atoms with Crippen LogP contribution in [0.4, 0.5) is 20.2 Å². The lowest BCUT2D eigenvalue weighted by Gasteiger charge is -2.21. The number of carbonyl (C=O) groups excluding carboxylic acids is 3. The number of carbonyl (C=O) groups is 3. The van der Waals surface area contributed by atoms with Crippen LogP contribution >= 0.6 is 0 Å². The summed E-state index contributed by atoms with van der Waals surface area (Å²) in [5.74, 6) is -2.90. The van der Waals surface area contributed by atoms with E-state index in [2.05, 4.69) is 11.2 Å². The molecule has 1 aliphatic heterocycles. The smallest absolute Gasteiger partial charge is 0.313 e. The van der Waals surface area contributed by atoms with E-state index in [0.717, 1.165) is 12.1 Å². The zero-order valence-corrected chi connectivity index (χ0v) is 15.7. The minimum absolute atomic E-state index is 0.0326. The van der Waals surface area contributed by atoms with E-state index in [4.69, 9.17) is 12.2 Å². The van der Waals surface area contributed by atoms with Crippen molar-refractivity contribution in [1.82, 2.24) is 5.32 Å². The van der Waals surface area contributed by atoms with Gasteiger partial charge in [-0.1, -0.05) is 18.1 Å². The van der Waals surface area contributed by atoms with Crippen molar-refractivity contribution in [3.8, 4) is 12.3 Å². The Kier molecular flexibility index (Phi) is 5.97. The van der Waals surface area contributed by atoms with Gasteiger partial charge < -0.3 is 21.3 Å². The van der Waals surface area contributed by atoms with Gasteiger partial charge in [0, 0.05) is 30.4 Å². The van der Waals surface area contributed by atoms with Gasteiger partial charge >= 0.3 is 11.8 Å². The van der Waals surface area contributed by atoms with E-state index in [9.17, 15) is 23.2 Å². The maximum Gasteiger partial charge on any atom is 0.313 e. The zero-order chi connectivity index (χ0) is 21.8. The third-order valence-electron chi connectivity index (χ3n) is 4.69. The second-order valence-corrected chi connectivity index (χ2v) is 6.70. The molecule has 2 aromatic carbocycles. The van der Waals surface area contributed by atoms with Gasteiger partial charge in [0.05, 0.1) is 5.56 Å². The van der Waals surface area contributed by atoms with Crippen molar-refractivity contribution in [2.45, 2.75) is 12.5 Å². The molecule has 3 rings (SSSR count). The SMILES string of the molecule is C#Cc1cc(F)c(NC(=O)C(=O)NC2CCN(c3ccccc3C(N)=O)C2)c(F)c1. The number of hydrogen-bond donors (Lipinski definition) is 3. The molecular weight excluding hydrogens is 394 g/mol. The van der Waals surface area contributed by atoms with Gasteiger partial charge in [-0.2, -0.15) is 0 Å². The predicted octanol–water partition coefficient (Wildman–Crippen LogP) is 1.38. The Balaban J connectivity index is 1.63. The summed E-state index contributed by atoms with van der Waals surface area (Å²) in [4.78, 5) is 37.7. The number of amides is 3. The van der Waals surface area contributed by atoms with Crippen LogP contribution in [0.25, 0.3) is 0 Å². The van der Waals surface area contributed by atoms with Crippen molar-refractivity contribution in [2.75, 3.05) is 23.3 Å². The highest BCUT2D eigenvalue weighted by Gasteiger charge is 2.28. The minimum Gasteiger partial charge on any atom is -0.369 e. The summed E-state index contributed by atoms with van der Waals surface area (Å²) >= 11 is 0. The number of hydrogen-bond acceptors (Lipinski definition) is 4. The normalized spacial score (nSPS) is 15.4. The molecule has 7 nitrogen and oxygen atoms in total. The topological polar surface area (TPSA) is 105 Å². The summed E-state index contributed by atoms with van der Waals surface area (Å²) < 4.78 is 27.9. The van der Waals surface area contributed by atoms with Crippen molar-refractivity contribution in [3.63, 3.8) is 0 Å². The summed E-state index contributed by atoms with van der Waals surface area (Å²) in [5.41, 5.74) is 5.59. The molecule has 2 aromatic rings. The monoisotopic (exact) mass is 412 g/mol. The van der Waals surface area contributed by atoms with Gasteiger partial charge in [-0.3, -0.25) is 14.4 Å². The average molecular weight is 412 g/mol. The summed E-state index contributed by atoms with van der Waals surface area (Å²) in [6, 6.07) is 8.15. The molecule has 1 aliphatic rings. The van der Waals surface area contributed by atoms with Crippen molar-refractivity contribution < 1.29 is 23.2 Å². The van der Waals surface area contributed by atoms with Crippen LogP contribution in [0, 0.1) is 24.0 Å². The summed E-state index contributed by atoms with van der Waals surface area (Å²) in [6.45, 7) is 0.858. The quantitative estimate of drug-likeness (QED) is 0.521. The number of terminal acetylenes is 1. The van der Waals surface area contributed by atoms with Crippen LogP contribution in [0.15, 0.2) is 36.4 Å². The molecule has 1 atom stereocenters. The van der Waals surface area contributed by atoms with E-state index in [1.54, 1.807) is 24.3 Å². The van der Waals surface area contributed by atoms with Gasteiger partial charge in [0.2, 0.25) is 0 Å². The molecule has 30 heavy (non-hydrogen) atoms. The minimum atomic E-state index is -1.21. The van der Waals surface area contributed by atoms with Crippen molar-refractivity contribution >= 4 is 29.1 Å². The number of halogens is 2. The molecule has 1 heterocycles. The summed E-state index contributed by atoms with van der Waals surface area (Å²) in [7, 11) is 0. The number of benzene rings is 2. The Morgan fingerprint density at radius 3 is 2.43 bits per heavy atom. The van der Waals surface area contributed by atoms with Gasteiger partial charge in [-0.25, -0.2) is 8.78 Å². The van der Waals surface area contributed by atoms with E-state index < -0.39 is 41.1 Å². The van der Waals surface area contributed by atoms with Crippen molar-refractivity contribution in [2.24, 2.45) is 5.73 Å². The Bertz CT molecular complexity index is 1040. The van der Waals surface area contributed by atoms with E-state index in [1.165, 1.54) is 0 Å². The fourth-order valence-electron chi connectivity index (χ4n) is 3.25. The van der Waals surface area contributed by atoms with Crippen LogP contribution in [-0.4, -0.2) is 36.9 Å². The van der Waals surface area contributed by atoms with Gasteiger partial charge in [0.25, 0.3) is 5.91 Å². The van der Waals surface area contributed by atoms with Crippen molar-refractivity contribution in [1.29, 1.82) is 0 Å². The molecule has 4 N–H and O–H groups in total. The average Bonchev–Trinajstić information content (AvgIpc) is 3.18. The largest absolute Gasteiger partial charge is 0.369 e. The first-order chi connectivity index (χ1) is 14.3. The molecule has 154 valence electrons. The first-order valence-electron chi connectivity index (χ1n) is 9.01. The Morgan fingerprint density at radius 2 is 1.80 bits per heavy atom. The molecule has 9 heteroatoms. The first kappa shape index (κ1) is 20.8. The van der Waals surface area contributed by atoms with Gasteiger partial charge in [0.1, 0.15) is 5.69 Å². The van der Waals surface area contributed by atoms with Crippen molar-refractivity contribution in [3.05, 3.63) is 59.2 Å². The van der Waals surface area contributed by atoms with Crippen LogP contribution in [0.3, 0.4) is 0 Å². The van der Waals surface area contributed by atoms with Crippen LogP contribution in [0.2, 0.25) is 0 Å². The highest BCUT2D eigenvalue weighted by molar-refractivity contribution is 6.39. The molecule has 0 aliphatic carbocycles. The van der Waals surface area contributed by atoms with E-state index in [1.807, 2.05) is 10.2 Å². The number of para-hydroxylation sites is 1. The Labute approximate surface area is 171 Å². The molecule has 1 fully saturated rings. The third kappa shape index (κ3) is 4.38. The maximum atomic E-state index is 13.9. The predicted molar refractivity (Wildman–Crippen MR) is 107 cm³/mol. The standard InChI is InChI=1S/C21H18F2N4O3/c1-2-12-9-15(22)18(16(23)10-12)26-21(30)20(29)25-13-7-8-27(11-13)17-6-4-3-5-14(17)19(24)28/h1,3-6,9-10,13H,7-8,11H2,(H2,24,28)(H,25,29)(H,26,30). The number of primary amides is 1. The highest BCUT2D eigenvalue weighted by atomic mass is 19.1. The summed E-state index contributed by atoms with van der Waals surface area (Å²) in [6.07, 6.45) is 5.60. The fraction of sp³-hybridized carbons (Fsp3) is 0.190. The lowest BCUT2D eigenvalue weighted by atomic mass is 10.1. The molecule has 3 amide bonds. The number of anilines is 2. The number of nitrogens with zero attached hydrogens (tertiary/aromatic N) is 1. The van der Waals surface area contributed by atoms with Crippen LogP contribution < -0.4 is 21.3 Å². The molecule has 1 saturated heterocycles. The van der Waals surface area contributed by atoms with E-state index >= 15 is 0 Å².